The van der Waals surface area contributed by atoms with E-state index >= 15 is 0 Å². The molecule has 6 heteroatoms. The van der Waals surface area contributed by atoms with Gasteiger partial charge in [-0.05, 0) is 30.2 Å². The van der Waals surface area contributed by atoms with Gasteiger partial charge in [0.05, 0.1) is 4.90 Å². The van der Waals surface area contributed by atoms with Gasteiger partial charge >= 0.3 is 0 Å². The number of phenols is 2. The Labute approximate surface area is 136 Å². The summed E-state index contributed by atoms with van der Waals surface area (Å²) in [7, 11) is 0. The molecule has 0 radical (unpaired) electrons. The molecule has 0 spiro atoms. The van der Waals surface area contributed by atoms with Crippen LogP contribution in [0.25, 0.3) is 0 Å². The average molecular weight is 330 g/mol. The van der Waals surface area contributed by atoms with Gasteiger partial charge in [0.2, 0.25) is 0 Å². The molecule has 0 unspecified atom stereocenters. The Kier molecular flexibility index (Phi) is 4.31. The van der Waals surface area contributed by atoms with Crippen LogP contribution >= 0.6 is 23.1 Å². The lowest BCUT2D eigenvalue weighted by molar-refractivity contribution is 0.446. The molecule has 1 aromatic heterocycles. The Hall–Kier alpha value is -2.05. The molecule has 0 atom stereocenters. The first-order chi connectivity index (χ1) is 10.6. The maximum absolute atomic E-state index is 9.94. The first-order valence-electron chi connectivity index (χ1n) is 6.68. The zero-order valence-electron chi connectivity index (χ0n) is 11.9. The van der Waals surface area contributed by atoms with Gasteiger partial charge in [0.15, 0.2) is 4.34 Å². The van der Waals surface area contributed by atoms with Crippen LogP contribution in [-0.2, 0) is 6.42 Å². The van der Waals surface area contributed by atoms with Crippen LogP contribution in [0.15, 0.2) is 51.7 Å². The van der Waals surface area contributed by atoms with Crippen LogP contribution in [0.5, 0.6) is 11.5 Å². The lowest BCUT2D eigenvalue weighted by atomic mass is 10.2. The molecule has 0 aliphatic heterocycles. The molecule has 0 aliphatic carbocycles. The minimum atomic E-state index is 0.139. The Morgan fingerprint density at radius 1 is 1.05 bits per heavy atom. The zero-order valence-corrected chi connectivity index (χ0v) is 13.5. The molecule has 0 bridgehead atoms. The molecule has 0 saturated carbocycles. The molecule has 0 fully saturated rings. The Balaban J connectivity index is 1.76. The number of hydrogen-bond acceptors (Lipinski definition) is 6. The molecule has 112 valence electrons. The normalized spacial score (nSPS) is 10.8. The van der Waals surface area contributed by atoms with Gasteiger partial charge in [0.25, 0.3) is 0 Å². The van der Waals surface area contributed by atoms with E-state index in [1.165, 1.54) is 28.7 Å². The van der Waals surface area contributed by atoms with E-state index < -0.39 is 0 Å². The molecule has 3 rings (SSSR count). The third-order valence-electron chi connectivity index (χ3n) is 3.12. The number of rotatable bonds is 4. The predicted molar refractivity (Wildman–Crippen MR) is 87.8 cm³/mol. The molecule has 1 heterocycles. The van der Waals surface area contributed by atoms with Gasteiger partial charge in [0.1, 0.15) is 16.5 Å². The van der Waals surface area contributed by atoms with E-state index in [0.717, 1.165) is 15.8 Å². The fourth-order valence-electron chi connectivity index (χ4n) is 1.96. The highest BCUT2D eigenvalue weighted by Crippen LogP contribution is 2.39. The maximum atomic E-state index is 9.94. The molecule has 3 aromatic rings. The van der Waals surface area contributed by atoms with E-state index in [2.05, 4.69) is 22.3 Å². The Morgan fingerprint density at radius 2 is 1.82 bits per heavy atom. The van der Waals surface area contributed by atoms with Crippen LogP contribution in [0.1, 0.15) is 16.1 Å². The topological polar surface area (TPSA) is 66.2 Å². The van der Waals surface area contributed by atoms with Crippen LogP contribution < -0.4 is 0 Å². The second-order valence-corrected chi connectivity index (χ2v) is 7.18. The number of nitrogens with zero attached hydrogens (tertiary/aromatic N) is 2. The first kappa shape index (κ1) is 14.9. The minimum Gasteiger partial charge on any atom is -0.508 e. The van der Waals surface area contributed by atoms with E-state index in [-0.39, 0.29) is 11.5 Å². The highest BCUT2D eigenvalue weighted by molar-refractivity contribution is 8.01. The minimum absolute atomic E-state index is 0.139. The van der Waals surface area contributed by atoms with Crippen molar-refractivity contribution in [2.75, 3.05) is 0 Å². The van der Waals surface area contributed by atoms with Crippen LogP contribution in [0.3, 0.4) is 0 Å². The van der Waals surface area contributed by atoms with E-state index in [1.54, 1.807) is 19.1 Å². The van der Waals surface area contributed by atoms with Gasteiger partial charge in [-0.1, -0.05) is 53.4 Å². The number of hydrogen-bond donors (Lipinski definition) is 2. The van der Waals surface area contributed by atoms with Crippen LogP contribution in [0.2, 0.25) is 0 Å². The summed E-state index contributed by atoms with van der Waals surface area (Å²) in [6.07, 6.45) is 0.740. The Bertz CT molecular complexity index is 788. The summed E-state index contributed by atoms with van der Waals surface area (Å²) in [4.78, 5) is 0.575. The van der Waals surface area contributed by atoms with Crippen molar-refractivity contribution in [1.82, 2.24) is 10.2 Å². The van der Waals surface area contributed by atoms with Crippen LogP contribution in [0.4, 0.5) is 0 Å². The monoisotopic (exact) mass is 330 g/mol. The average Bonchev–Trinajstić information content (AvgIpc) is 2.93. The van der Waals surface area contributed by atoms with Crippen molar-refractivity contribution in [1.29, 1.82) is 0 Å². The van der Waals surface area contributed by atoms with Gasteiger partial charge in [-0.25, -0.2) is 0 Å². The Morgan fingerprint density at radius 3 is 2.59 bits per heavy atom. The van der Waals surface area contributed by atoms with E-state index in [9.17, 15) is 10.2 Å². The summed E-state index contributed by atoms with van der Waals surface area (Å²) < 4.78 is 0.740. The molecular formula is C16H14N2O2S2. The summed E-state index contributed by atoms with van der Waals surface area (Å²) in [5.41, 5.74) is 1.83. The third kappa shape index (κ3) is 3.40. The SMILES string of the molecule is Cc1cc(O)c(Sc2nnc(Cc3ccccc3)s2)cc1O. The van der Waals surface area contributed by atoms with E-state index in [1.807, 2.05) is 18.2 Å². The molecular weight excluding hydrogens is 316 g/mol. The summed E-state index contributed by atoms with van der Waals surface area (Å²) in [5, 5.41) is 28.9. The van der Waals surface area contributed by atoms with Gasteiger partial charge in [0, 0.05) is 6.42 Å². The second kappa shape index (κ2) is 6.37. The van der Waals surface area contributed by atoms with Crippen LogP contribution in [-0.4, -0.2) is 20.4 Å². The van der Waals surface area contributed by atoms with Gasteiger partial charge < -0.3 is 10.2 Å². The number of benzene rings is 2. The first-order valence-corrected chi connectivity index (χ1v) is 8.32. The van der Waals surface area contributed by atoms with Crippen LogP contribution in [0, 0.1) is 6.92 Å². The molecule has 4 nitrogen and oxygen atoms in total. The fraction of sp³-hybridized carbons (Fsp3) is 0.125. The molecule has 2 N–H and O–H groups in total. The summed E-state index contributed by atoms with van der Waals surface area (Å²) >= 11 is 2.79. The largest absolute Gasteiger partial charge is 0.508 e. The van der Waals surface area contributed by atoms with Crippen molar-refractivity contribution in [3.63, 3.8) is 0 Å². The number of aryl methyl sites for hydroxylation is 1. The van der Waals surface area contributed by atoms with E-state index in [4.69, 9.17) is 0 Å². The summed E-state index contributed by atoms with van der Waals surface area (Å²) in [5.74, 6) is 0.300. The summed E-state index contributed by atoms with van der Waals surface area (Å²) in [6.45, 7) is 1.74. The number of phenolic OH excluding ortho intramolecular Hbond substituents is 2. The zero-order chi connectivity index (χ0) is 15.5. The van der Waals surface area contributed by atoms with Crippen molar-refractivity contribution in [3.8, 4) is 11.5 Å². The van der Waals surface area contributed by atoms with Gasteiger partial charge in [-0.15, -0.1) is 10.2 Å². The number of aromatic hydroxyl groups is 2. The lowest BCUT2D eigenvalue weighted by Crippen LogP contribution is -1.85. The smallest absolute Gasteiger partial charge is 0.179 e. The molecule has 0 amide bonds. The predicted octanol–water partition coefficient (Wildman–Crippen LogP) is 4.00. The lowest BCUT2D eigenvalue weighted by Gasteiger charge is -2.04. The van der Waals surface area contributed by atoms with Gasteiger partial charge in [-0.2, -0.15) is 0 Å². The highest BCUT2D eigenvalue weighted by atomic mass is 32.2. The standard InChI is InChI=1S/C16H14N2O2S2/c1-10-7-13(20)14(9-12(10)19)21-16-18-17-15(22-16)8-11-5-3-2-4-6-11/h2-7,9,19-20H,8H2,1H3. The van der Waals surface area contributed by atoms with Crippen molar-refractivity contribution in [3.05, 3.63) is 58.6 Å². The second-order valence-electron chi connectivity index (χ2n) is 4.83. The molecule has 22 heavy (non-hydrogen) atoms. The van der Waals surface area contributed by atoms with Crippen molar-refractivity contribution in [2.24, 2.45) is 0 Å². The third-order valence-corrected chi connectivity index (χ3v) is 5.14. The quantitative estimate of drug-likeness (QED) is 0.708. The summed E-state index contributed by atoms with van der Waals surface area (Å²) in [6, 6.07) is 13.2. The number of aromatic nitrogens is 2. The molecule has 0 aliphatic rings. The molecule has 2 aromatic carbocycles. The van der Waals surface area contributed by atoms with Crippen molar-refractivity contribution in [2.45, 2.75) is 22.6 Å². The maximum Gasteiger partial charge on any atom is 0.179 e. The fourth-order valence-corrected chi connectivity index (χ4v) is 3.89. The van der Waals surface area contributed by atoms with Gasteiger partial charge in [-0.3, -0.25) is 0 Å². The van der Waals surface area contributed by atoms with E-state index in [0.29, 0.717) is 10.5 Å². The van der Waals surface area contributed by atoms with Crippen molar-refractivity contribution < 1.29 is 10.2 Å². The highest BCUT2D eigenvalue weighted by Gasteiger charge is 2.11. The van der Waals surface area contributed by atoms with Crippen molar-refractivity contribution >= 4 is 23.1 Å². The molecule has 0 saturated heterocycles.